The predicted molar refractivity (Wildman–Crippen MR) is 70.5 cm³/mol. The fourth-order valence-electron chi connectivity index (χ4n) is 2.12. The Bertz CT molecular complexity index is 517. The lowest BCUT2D eigenvalue weighted by molar-refractivity contribution is 0.480. The van der Waals surface area contributed by atoms with Crippen molar-refractivity contribution in [2.45, 2.75) is 30.2 Å². The molecule has 0 amide bonds. The van der Waals surface area contributed by atoms with Gasteiger partial charge in [-0.05, 0) is 50.6 Å². The summed E-state index contributed by atoms with van der Waals surface area (Å²) in [6, 6.07) is 6.14. The molecular weight excluding hydrogens is 232 g/mol. The van der Waals surface area contributed by atoms with Crippen LogP contribution in [0.3, 0.4) is 0 Å². The molecule has 0 aliphatic carbocycles. The standard InChI is InChI=1S/C13H16N2OS/c1-9-2-3-12-11(8-9)15-13(16-12)17-10-4-6-14-7-5-10/h2-3,8,10,14H,4-7H2,1H3. The lowest BCUT2D eigenvalue weighted by Gasteiger charge is -2.20. The second-order valence-electron chi connectivity index (χ2n) is 4.52. The summed E-state index contributed by atoms with van der Waals surface area (Å²) < 4.78 is 5.76. The molecule has 1 aliphatic rings. The first-order valence-electron chi connectivity index (χ1n) is 6.06. The first-order valence-corrected chi connectivity index (χ1v) is 6.94. The molecule has 17 heavy (non-hydrogen) atoms. The number of thioether (sulfide) groups is 1. The monoisotopic (exact) mass is 248 g/mol. The SMILES string of the molecule is Cc1ccc2oc(SC3CCNCC3)nc2c1. The average molecular weight is 248 g/mol. The topological polar surface area (TPSA) is 38.1 Å². The molecular formula is C13H16N2OS. The largest absolute Gasteiger partial charge is 0.431 e. The summed E-state index contributed by atoms with van der Waals surface area (Å²) in [4.78, 5) is 4.54. The van der Waals surface area contributed by atoms with Gasteiger partial charge in [0.05, 0.1) is 0 Å². The van der Waals surface area contributed by atoms with Crippen molar-refractivity contribution in [3.8, 4) is 0 Å². The number of rotatable bonds is 2. The summed E-state index contributed by atoms with van der Waals surface area (Å²) in [6.07, 6.45) is 2.39. The highest BCUT2D eigenvalue weighted by Crippen LogP contribution is 2.30. The van der Waals surface area contributed by atoms with Crippen molar-refractivity contribution in [1.29, 1.82) is 0 Å². The van der Waals surface area contributed by atoms with Crippen LogP contribution in [-0.2, 0) is 0 Å². The Labute approximate surface area is 105 Å². The molecule has 1 fully saturated rings. The second kappa shape index (κ2) is 4.70. The molecule has 0 bridgehead atoms. The Morgan fingerprint density at radius 1 is 1.35 bits per heavy atom. The third kappa shape index (κ3) is 2.48. The summed E-state index contributed by atoms with van der Waals surface area (Å²) in [6.45, 7) is 4.29. The molecule has 2 heterocycles. The normalized spacial score (nSPS) is 17.7. The van der Waals surface area contributed by atoms with Crippen molar-refractivity contribution < 1.29 is 4.42 Å². The molecule has 1 saturated heterocycles. The van der Waals surface area contributed by atoms with Crippen molar-refractivity contribution in [3.63, 3.8) is 0 Å². The van der Waals surface area contributed by atoms with Gasteiger partial charge in [0, 0.05) is 5.25 Å². The Morgan fingerprint density at radius 2 is 2.18 bits per heavy atom. The van der Waals surface area contributed by atoms with Crippen molar-refractivity contribution in [2.75, 3.05) is 13.1 Å². The van der Waals surface area contributed by atoms with Crippen molar-refractivity contribution in [3.05, 3.63) is 23.8 Å². The predicted octanol–water partition coefficient (Wildman–Crippen LogP) is 2.98. The van der Waals surface area contributed by atoms with E-state index in [1.165, 1.54) is 18.4 Å². The summed E-state index contributed by atoms with van der Waals surface area (Å²) in [7, 11) is 0. The van der Waals surface area contributed by atoms with E-state index in [9.17, 15) is 0 Å². The van der Waals surface area contributed by atoms with E-state index in [1.807, 2.05) is 6.07 Å². The molecule has 1 aromatic carbocycles. The van der Waals surface area contributed by atoms with E-state index >= 15 is 0 Å². The van der Waals surface area contributed by atoms with Crippen molar-refractivity contribution in [1.82, 2.24) is 10.3 Å². The van der Waals surface area contributed by atoms with Crippen LogP contribution in [0.15, 0.2) is 27.8 Å². The zero-order valence-electron chi connectivity index (χ0n) is 9.90. The third-order valence-corrected chi connectivity index (χ3v) is 4.26. The van der Waals surface area contributed by atoms with Gasteiger partial charge in [-0.3, -0.25) is 0 Å². The van der Waals surface area contributed by atoms with Crippen molar-refractivity contribution >= 4 is 22.9 Å². The second-order valence-corrected chi connectivity index (χ2v) is 5.77. The van der Waals surface area contributed by atoms with Gasteiger partial charge in [-0.15, -0.1) is 0 Å². The summed E-state index contributed by atoms with van der Waals surface area (Å²) in [5.74, 6) is 0. The maximum absolute atomic E-state index is 5.76. The zero-order valence-corrected chi connectivity index (χ0v) is 10.7. The lowest BCUT2D eigenvalue weighted by atomic mass is 10.2. The van der Waals surface area contributed by atoms with E-state index in [4.69, 9.17) is 4.42 Å². The highest BCUT2D eigenvalue weighted by Gasteiger charge is 2.17. The molecule has 4 heteroatoms. The number of benzene rings is 1. The van der Waals surface area contributed by atoms with E-state index in [1.54, 1.807) is 11.8 Å². The Hall–Kier alpha value is -1.00. The quantitative estimate of drug-likeness (QED) is 0.886. The van der Waals surface area contributed by atoms with Gasteiger partial charge >= 0.3 is 0 Å². The van der Waals surface area contributed by atoms with E-state index in [-0.39, 0.29) is 0 Å². The van der Waals surface area contributed by atoms with Crippen LogP contribution in [0.25, 0.3) is 11.1 Å². The average Bonchev–Trinajstić information content (AvgIpc) is 2.71. The maximum Gasteiger partial charge on any atom is 0.257 e. The van der Waals surface area contributed by atoms with Gasteiger partial charge in [0.1, 0.15) is 5.52 Å². The van der Waals surface area contributed by atoms with Crippen LogP contribution in [-0.4, -0.2) is 23.3 Å². The lowest BCUT2D eigenvalue weighted by Crippen LogP contribution is -2.29. The van der Waals surface area contributed by atoms with Crippen LogP contribution in [0.4, 0.5) is 0 Å². The molecule has 1 N–H and O–H groups in total. The number of aryl methyl sites for hydroxylation is 1. The molecule has 1 aliphatic heterocycles. The van der Waals surface area contributed by atoms with E-state index < -0.39 is 0 Å². The molecule has 0 radical (unpaired) electrons. The number of nitrogens with one attached hydrogen (secondary N) is 1. The maximum atomic E-state index is 5.76. The van der Waals surface area contributed by atoms with Crippen molar-refractivity contribution in [2.24, 2.45) is 0 Å². The van der Waals surface area contributed by atoms with Crippen LogP contribution >= 0.6 is 11.8 Å². The Balaban J connectivity index is 1.80. The van der Waals surface area contributed by atoms with E-state index in [0.717, 1.165) is 29.4 Å². The minimum atomic E-state index is 0.644. The molecule has 3 nitrogen and oxygen atoms in total. The van der Waals surface area contributed by atoms with Crippen LogP contribution in [0.2, 0.25) is 0 Å². The van der Waals surface area contributed by atoms with Gasteiger partial charge in [-0.2, -0.15) is 0 Å². The first kappa shape index (κ1) is 11.1. The number of fused-ring (bicyclic) bond motifs is 1. The summed E-state index contributed by atoms with van der Waals surface area (Å²) in [5.41, 5.74) is 3.10. The molecule has 0 unspecified atom stereocenters. The van der Waals surface area contributed by atoms with Gasteiger partial charge in [0.2, 0.25) is 0 Å². The number of aromatic nitrogens is 1. The van der Waals surface area contributed by atoms with Gasteiger partial charge in [-0.1, -0.05) is 17.8 Å². The molecule has 0 saturated carbocycles. The first-order chi connectivity index (χ1) is 8.31. The van der Waals surface area contributed by atoms with E-state index in [2.05, 4.69) is 29.4 Å². The third-order valence-electron chi connectivity index (χ3n) is 3.08. The number of piperidine rings is 1. The summed E-state index contributed by atoms with van der Waals surface area (Å²) >= 11 is 1.78. The highest BCUT2D eigenvalue weighted by atomic mass is 32.2. The molecule has 90 valence electrons. The van der Waals surface area contributed by atoms with E-state index in [0.29, 0.717) is 5.25 Å². The highest BCUT2D eigenvalue weighted by molar-refractivity contribution is 7.99. The molecule has 0 atom stereocenters. The van der Waals surface area contributed by atoms with Crippen LogP contribution in [0.5, 0.6) is 0 Å². The Morgan fingerprint density at radius 3 is 3.00 bits per heavy atom. The molecule has 2 aromatic rings. The van der Waals surface area contributed by atoms with Crippen LogP contribution in [0, 0.1) is 6.92 Å². The number of nitrogens with zero attached hydrogens (tertiary/aromatic N) is 1. The fraction of sp³-hybridized carbons (Fsp3) is 0.462. The van der Waals surface area contributed by atoms with Gasteiger partial charge in [-0.25, -0.2) is 4.98 Å². The fourth-order valence-corrected chi connectivity index (χ4v) is 3.17. The summed E-state index contributed by atoms with van der Waals surface area (Å²) in [5, 5.41) is 4.83. The number of hydrogen-bond donors (Lipinski definition) is 1. The molecule has 0 spiro atoms. The van der Waals surface area contributed by atoms with Gasteiger partial charge < -0.3 is 9.73 Å². The minimum absolute atomic E-state index is 0.644. The smallest absolute Gasteiger partial charge is 0.257 e. The van der Waals surface area contributed by atoms with Gasteiger partial charge in [0.15, 0.2) is 5.58 Å². The van der Waals surface area contributed by atoms with Crippen LogP contribution in [0.1, 0.15) is 18.4 Å². The zero-order chi connectivity index (χ0) is 11.7. The van der Waals surface area contributed by atoms with Crippen LogP contribution < -0.4 is 5.32 Å². The number of hydrogen-bond acceptors (Lipinski definition) is 4. The number of oxazole rings is 1. The Kier molecular flexibility index (Phi) is 3.07. The van der Waals surface area contributed by atoms with Gasteiger partial charge in [0.25, 0.3) is 5.22 Å². The molecule has 3 rings (SSSR count). The minimum Gasteiger partial charge on any atom is -0.431 e. The molecule has 1 aromatic heterocycles.